The molecule has 0 aliphatic rings. The van der Waals surface area contributed by atoms with Crippen molar-refractivity contribution < 1.29 is 22.8 Å². The van der Waals surface area contributed by atoms with E-state index in [9.17, 15) is 18.1 Å². The monoisotopic (exact) mass is 378 g/mol. The Morgan fingerprint density at radius 2 is 1.54 bits per heavy atom. The lowest BCUT2D eigenvalue weighted by molar-refractivity contribution is 0.407. The second-order valence-corrected chi connectivity index (χ2v) is 7.69. The van der Waals surface area contributed by atoms with Crippen molar-refractivity contribution >= 4 is 10.1 Å². The molecule has 5 nitrogen and oxygen atoms in total. The van der Waals surface area contributed by atoms with Gasteiger partial charge in [-0.25, -0.2) is 0 Å². The van der Waals surface area contributed by atoms with Crippen LogP contribution in [0.4, 0.5) is 0 Å². The Morgan fingerprint density at radius 3 is 2.23 bits per heavy atom. The van der Waals surface area contributed by atoms with Crippen LogP contribution in [0.5, 0.6) is 17.2 Å². The quantitative estimate of drug-likeness (QED) is 0.431. The van der Waals surface area contributed by atoms with E-state index in [0.717, 1.165) is 25.7 Å². The molecule has 0 aromatic heterocycles. The maximum atomic E-state index is 11.7. The topological polar surface area (TPSA) is 83.8 Å². The summed E-state index contributed by atoms with van der Waals surface area (Å²) in [6.45, 7) is 2.16. The highest BCUT2D eigenvalue weighted by atomic mass is 32.2. The second-order valence-electron chi connectivity index (χ2n) is 6.30. The van der Waals surface area contributed by atoms with Crippen molar-refractivity contribution in [3.63, 3.8) is 0 Å². The largest absolute Gasteiger partial charge is 0.504 e. The Balaban J connectivity index is 2.22. The number of ether oxygens (including phenoxy) is 1. The van der Waals surface area contributed by atoms with Crippen LogP contribution in [-0.2, 0) is 16.5 Å². The predicted octanol–water partition coefficient (Wildman–Crippen LogP) is 5.33. The molecule has 0 fully saturated rings. The number of aromatic hydroxyl groups is 1. The van der Waals surface area contributed by atoms with E-state index in [1.54, 1.807) is 24.3 Å². The van der Waals surface area contributed by atoms with E-state index in [-0.39, 0.29) is 16.4 Å². The number of unbranched alkanes of at least 4 members (excludes halogenated alkanes) is 5. The van der Waals surface area contributed by atoms with Crippen LogP contribution >= 0.6 is 0 Å². The summed E-state index contributed by atoms with van der Waals surface area (Å²) in [5, 5.41) is 9.90. The van der Waals surface area contributed by atoms with Gasteiger partial charge in [-0.2, -0.15) is 8.42 Å². The number of hydrogen-bond donors (Lipinski definition) is 2. The Bertz CT molecular complexity index is 815. The maximum Gasteiger partial charge on any atom is 0.294 e. The molecule has 0 amide bonds. The molecule has 26 heavy (non-hydrogen) atoms. The van der Waals surface area contributed by atoms with E-state index in [1.165, 1.54) is 31.0 Å². The van der Waals surface area contributed by atoms with Gasteiger partial charge in [0.05, 0.1) is 0 Å². The van der Waals surface area contributed by atoms with Crippen LogP contribution in [-0.4, -0.2) is 18.1 Å². The maximum absolute atomic E-state index is 11.7. The van der Waals surface area contributed by atoms with E-state index in [0.29, 0.717) is 17.7 Å². The summed E-state index contributed by atoms with van der Waals surface area (Å²) >= 11 is 0. The first-order chi connectivity index (χ1) is 12.4. The molecule has 0 unspecified atom stereocenters. The third kappa shape index (κ3) is 5.75. The average Bonchev–Trinajstić information content (AvgIpc) is 2.60. The van der Waals surface area contributed by atoms with Crippen LogP contribution in [0.3, 0.4) is 0 Å². The van der Waals surface area contributed by atoms with E-state index < -0.39 is 10.1 Å². The number of para-hydroxylation sites is 2. The molecule has 6 heteroatoms. The molecular weight excluding hydrogens is 352 g/mol. The highest BCUT2D eigenvalue weighted by Gasteiger charge is 2.20. The fourth-order valence-electron chi connectivity index (χ4n) is 2.87. The minimum absolute atomic E-state index is 0.0322. The summed E-state index contributed by atoms with van der Waals surface area (Å²) in [5.41, 5.74) is 0.439. The van der Waals surface area contributed by atoms with Crippen LogP contribution < -0.4 is 4.74 Å². The van der Waals surface area contributed by atoms with E-state index in [2.05, 4.69) is 6.92 Å². The lowest BCUT2D eigenvalue weighted by Gasteiger charge is -2.15. The Labute approximate surface area is 155 Å². The van der Waals surface area contributed by atoms with Crippen LogP contribution in [0.2, 0.25) is 0 Å². The fourth-order valence-corrected chi connectivity index (χ4v) is 3.64. The number of hydrogen-bond acceptors (Lipinski definition) is 4. The van der Waals surface area contributed by atoms with Gasteiger partial charge >= 0.3 is 0 Å². The molecule has 0 spiro atoms. The first kappa shape index (κ1) is 20.3. The van der Waals surface area contributed by atoms with E-state index in [1.807, 2.05) is 0 Å². The lowest BCUT2D eigenvalue weighted by atomic mass is 10.0. The van der Waals surface area contributed by atoms with Crippen molar-refractivity contribution in [3.05, 3.63) is 48.0 Å². The molecule has 0 radical (unpaired) electrons. The van der Waals surface area contributed by atoms with Crippen molar-refractivity contribution in [2.75, 3.05) is 0 Å². The van der Waals surface area contributed by atoms with Gasteiger partial charge in [-0.3, -0.25) is 4.55 Å². The van der Waals surface area contributed by atoms with Gasteiger partial charge in [-0.15, -0.1) is 0 Å². The van der Waals surface area contributed by atoms with Gasteiger partial charge in [0, 0.05) is 5.56 Å². The average molecular weight is 378 g/mol. The number of phenols is 1. The van der Waals surface area contributed by atoms with Gasteiger partial charge in [0.1, 0.15) is 10.6 Å². The predicted molar refractivity (Wildman–Crippen MR) is 102 cm³/mol. The lowest BCUT2D eigenvalue weighted by Crippen LogP contribution is -2.05. The molecule has 0 aliphatic heterocycles. The Hall–Kier alpha value is -2.05. The third-order valence-electron chi connectivity index (χ3n) is 4.23. The van der Waals surface area contributed by atoms with Crippen LogP contribution in [0.15, 0.2) is 47.4 Å². The highest BCUT2D eigenvalue weighted by molar-refractivity contribution is 7.85. The Kier molecular flexibility index (Phi) is 7.48. The minimum atomic E-state index is -4.35. The molecule has 2 aromatic carbocycles. The van der Waals surface area contributed by atoms with Gasteiger partial charge in [0.15, 0.2) is 11.5 Å². The first-order valence-electron chi connectivity index (χ1n) is 8.98. The molecule has 2 N–H and O–H groups in total. The molecule has 0 aliphatic carbocycles. The van der Waals surface area contributed by atoms with Gasteiger partial charge in [0.2, 0.25) is 0 Å². The van der Waals surface area contributed by atoms with Crippen LogP contribution in [0.25, 0.3) is 0 Å². The normalized spacial score (nSPS) is 11.5. The summed E-state index contributed by atoms with van der Waals surface area (Å²) in [6.07, 6.45) is 6.89. The van der Waals surface area contributed by atoms with Crippen molar-refractivity contribution in [1.29, 1.82) is 0 Å². The zero-order valence-corrected chi connectivity index (χ0v) is 15.8. The van der Waals surface area contributed by atoms with E-state index in [4.69, 9.17) is 4.74 Å². The minimum Gasteiger partial charge on any atom is -0.504 e. The van der Waals surface area contributed by atoms with Gasteiger partial charge in [0.25, 0.3) is 10.1 Å². The van der Waals surface area contributed by atoms with Crippen molar-refractivity contribution in [2.45, 2.75) is 56.8 Å². The Morgan fingerprint density at radius 1 is 0.885 bits per heavy atom. The van der Waals surface area contributed by atoms with Gasteiger partial charge in [-0.1, -0.05) is 57.2 Å². The molecule has 2 rings (SSSR count). The summed E-state index contributed by atoms with van der Waals surface area (Å²) in [7, 11) is -4.35. The number of benzene rings is 2. The summed E-state index contributed by atoms with van der Waals surface area (Å²) < 4.78 is 38.8. The van der Waals surface area contributed by atoms with Crippen molar-refractivity contribution in [1.82, 2.24) is 0 Å². The highest BCUT2D eigenvalue weighted by Crippen LogP contribution is 2.35. The number of rotatable bonds is 10. The molecule has 0 bridgehead atoms. The molecule has 0 saturated heterocycles. The van der Waals surface area contributed by atoms with Crippen molar-refractivity contribution in [3.8, 4) is 17.2 Å². The molecule has 0 atom stereocenters. The smallest absolute Gasteiger partial charge is 0.294 e. The van der Waals surface area contributed by atoms with Crippen LogP contribution in [0, 0.1) is 0 Å². The first-order valence-corrected chi connectivity index (χ1v) is 10.4. The zero-order chi connectivity index (χ0) is 19.0. The summed E-state index contributed by atoms with van der Waals surface area (Å²) in [5.74, 6) is 0.537. The second kappa shape index (κ2) is 9.59. The molecule has 0 heterocycles. The molecule has 2 aromatic rings. The third-order valence-corrected chi connectivity index (χ3v) is 5.17. The standard InChI is InChI=1S/C20H26O5S/c1-2-3-4-5-6-7-11-16-18(14-10-15-20(16)26(22,23)24)25-19-13-9-8-12-17(19)21/h8-10,12-15,21H,2-7,11H2,1H3,(H,22,23,24). The van der Waals surface area contributed by atoms with Gasteiger partial charge in [-0.05, 0) is 37.1 Å². The van der Waals surface area contributed by atoms with Crippen molar-refractivity contribution in [2.24, 2.45) is 0 Å². The van der Waals surface area contributed by atoms with Crippen LogP contribution in [0.1, 0.15) is 51.0 Å². The fraction of sp³-hybridized carbons (Fsp3) is 0.400. The molecular formula is C20H26O5S. The number of phenolic OH excluding ortho intramolecular Hbond substituents is 1. The SMILES string of the molecule is CCCCCCCCc1c(Oc2ccccc2O)cccc1S(=O)(=O)O. The molecule has 0 saturated carbocycles. The van der Waals surface area contributed by atoms with Gasteiger partial charge < -0.3 is 9.84 Å². The summed E-state index contributed by atoms with van der Waals surface area (Å²) in [4.78, 5) is -0.140. The summed E-state index contributed by atoms with van der Waals surface area (Å²) in [6, 6.07) is 11.0. The molecule has 142 valence electrons. The zero-order valence-electron chi connectivity index (χ0n) is 15.0. The van der Waals surface area contributed by atoms with E-state index >= 15 is 0 Å².